The van der Waals surface area contributed by atoms with Crippen molar-refractivity contribution in [3.63, 3.8) is 0 Å². The molecule has 1 N–H and O–H groups in total. The normalized spacial score (nSPS) is 10.2. The van der Waals surface area contributed by atoms with E-state index in [1.807, 2.05) is 18.2 Å². The van der Waals surface area contributed by atoms with Crippen molar-refractivity contribution in [2.75, 3.05) is 5.75 Å². The number of nitrogens with one attached hydrogen (secondary N) is 1. The third-order valence-corrected chi connectivity index (χ3v) is 3.61. The van der Waals surface area contributed by atoms with Crippen LogP contribution in [-0.4, -0.2) is 16.6 Å². The van der Waals surface area contributed by atoms with Crippen molar-refractivity contribution in [1.82, 2.24) is 10.3 Å². The van der Waals surface area contributed by atoms with Crippen LogP contribution in [0.5, 0.6) is 0 Å². The molecule has 0 saturated heterocycles. The van der Waals surface area contributed by atoms with Crippen molar-refractivity contribution in [2.24, 2.45) is 0 Å². The van der Waals surface area contributed by atoms with Crippen molar-refractivity contribution in [1.29, 1.82) is 0 Å². The first-order valence-electron chi connectivity index (χ1n) is 6.23. The summed E-state index contributed by atoms with van der Waals surface area (Å²) in [6.07, 6.45) is 1.70. The number of aromatic nitrogens is 1. The molecule has 104 valence electrons. The van der Waals surface area contributed by atoms with Crippen molar-refractivity contribution in [2.45, 2.75) is 12.3 Å². The molecule has 2 rings (SSSR count). The number of carbonyl (C=O) groups excluding carboxylic acids is 1. The largest absolute Gasteiger partial charge is 0.350 e. The third-order valence-electron chi connectivity index (χ3n) is 2.61. The van der Waals surface area contributed by atoms with E-state index in [0.717, 1.165) is 11.3 Å². The predicted octanol–water partition coefficient (Wildman–Crippen LogP) is 2.77. The summed E-state index contributed by atoms with van der Waals surface area (Å²) >= 11 is 1.50. The summed E-state index contributed by atoms with van der Waals surface area (Å²) in [7, 11) is 0. The highest BCUT2D eigenvalue weighted by molar-refractivity contribution is 7.99. The van der Waals surface area contributed by atoms with Crippen LogP contribution in [0.15, 0.2) is 48.7 Å². The highest BCUT2D eigenvalue weighted by Gasteiger charge is 2.02. The van der Waals surface area contributed by atoms with Gasteiger partial charge in [0.15, 0.2) is 0 Å². The third kappa shape index (κ3) is 5.01. The maximum absolute atomic E-state index is 12.7. The van der Waals surface area contributed by atoms with Gasteiger partial charge in [-0.05, 0) is 29.8 Å². The van der Waals surface area contributed by atoms with Crippen LogP contribution in [0.1, 0.15) is 11.3 Å². The average molecular weight is 290 g/mol. The fraction of sp³-hybridized carbons (Fsp3) is 0.200. The Morgan fingerprint density at radius 2 is 2.00 bits per heavy atom. The Hall–Kier alpha value is -1.88. The van der Waals surface area contributed by atoms with Gasteiger partial charge in [0.2, 0.25) is 5.91 Å². The van der Waals surface area contributed by atoms with Crippen LogP contribution in [0.4, 0.5) is 4.39 Å². The second kappa shape index (κ2) is 7.65. The number of rotatable bonds is 6. The molecule has 1 aromatic heterocycles. The molecule has 0 fully saturated rings. The number of hydrogen-bond acceptors (Lipinski definition) is 3. The molecule has 1 aromatic carbocycles. The molecular weight excluding hydrogens is 275 g/mol. The number of thioether (sulfide) groups is 1. The number of benzene rings is 1. The summed E-state index contributed by atoms with van der Waals surface area (Å²) in [6.45, 7) is 0.441. The first-order valence-corrected chi connectivity index (χ1v) is 7.38. The van der Waals surface area contributed by atoms with Gasteiger partial charge in [0.25, 0.3) is 0 Å². The first-order chi connectivity index (χ1) is 9.74. The van der Waals surface area contributed by atoms with Crippen LogP contribution in [0.25, 0.3) is 0 Å². The minimum Gasteiger partial charge on any atom is -0.350 e. The number of pyridine rings is 1. The van der Waals surface area contributed by atoms with Crippen LogP contribution in [-0.2, 0) is 17.1 Å². The summed E-state index contributed by atoms with van der Waals surface area (Å²) in [4.78, 5) is 15.8. The summed E-state index contributed by atoms with van der Waals surface area (Å²) in [5.41, 5.74) is 1.85. The smallest absolute Gasteiger partial charge is 0.230 e. The fourth-order valence-corrected chi connectivity index (χ4v) is 2.40. The summed E-state index contributed by atoms with van der Waals surface area (Å²) in [5, 5.41) is 2.81. The number of halogens is 1. The maximum atomic E-state index is 12.7. The zero-order chi connectivity index (χ0) is 14.2. The second-order valence-electron chi connectivity index (χ2n) is 4.22. The Morgan fingerprint density at radius 1 is 1.20 bits per heavy atom. The average Bonchev–Trinajstić information content (AvgIpc) is 2.48. The Balaban J connectivity index is 1.66. The minimum absolute atomic E-state index is 0.0252. The van der Waals surface area contributed by atoms with E-state index in [2.05, 4.69) is 10.3 Å². The van der Waals surface area contributed by atoms with Crippen molar-refractivity contribution in [3.05, 3.63) is 65.7 Å². The first kappa shape index (κ1) is 14.5. The SMILES string of the molecule is O=C(CSCc1ccc(F)cc1)NCc1ccccn1. The van der Waals surface area contributed by atoms with Gasteiger partial charge in [-0.15, -0.1) is 11.8 Å². The van der Waals surface area contributed by atoms with E-state index in [-0.39, 0.29) is 11.7 Å². The molecule has 0 spiro atoms. The molecule has 0 atom stereocenters. The van der Waals surface area contributed by atoms with E-state index < -0.39 is 0 Å². The number of hydrogen-bond donors (Lipinski definition) is 1. The van der Waals surface area contributed by atoms with E-state index in [4.69, 9.17) is 0 Å². The van der Waals surface area contributed by atoms with Gasteiger partial charge in [-0.25, -0.2) is 4.39 Å². The minimum atomic E-state index is -0.244. The van der Waals surface area contributed by atoms with Gasteiger partial charge in [-0.2, -0.15) is 0 Å². The van der Waals surface area contributed by atoms with Gasteiger partial charge in [0.1, 0.15) is 5.82 Å². The Labute approximate surface area is 121 Å². The number of nitrogens with zero attached hydrogens (tertiary/aromatic N) is 1. The molecule has 5 heteroatoms. The van der Waals surface area contributed by atoms with Crippen molar-refractivity contribution >= 4 is 17.7 Å². The maximum Gasteiger partial charge on any atom is 0.230 e. The molecule has 0 radical (unpaired) electrons. The summed E-state index contributed by atoms with van der Waals surface area (Å²) < 4.78 is 12.7. The van der Waals surface area contributed by atoms with E-state index >= 15 is 0 Å². The molecule has 0 unspecified atom stereocenters. The lowest BCUT2D eigenvalue weighted by atomic mass is 10.2. The summed E-state index contributed by atoms with van der Waals surface area (Å²) in [6, 6.07) is 11.9. The number of amides is 1. The molecular formula is C15H15FN2OS. The van der Waals surface area contributed by atoms with E-state index in [0.29, 0.717) is 18.1 Å². The molecule has 1 heterocycles. The van der Waals surface area contributed by atoms with Crippen LogP contribution in [0.2, 0.25) is 0 Å². The lowest BCUT2D eigenvalue weighted by Crippen LogP contribution is -2.25. The van der Waals surface area contributed by atoms with Gasteiger partial charge >= 0.3 is 0 Å². The topological polar surface area (TPSA) is 42.0 Å². The predicted molar refractivity (Wildman–Crippen MR) is 78.6 cm³/mol. The molecule has 0 bridgehead atoms. The van der Waals surface area contributed by atoms with Gasteiger partial charge in [-0.1, -0.05) is 18.2 Å². The zero-order valence-corrected chi connectivity index (χ0v) is 11.7. The van der Waals surface area contributed by atoms with Crippen molar-refractivity contribution in [3.8, 4) is 0 Å². The van der Waals surface area contributed by atoms with Crippen molar-refractivity contribution < 1.29 is 9.18 Å². The standard InChI is InChI=1S/C15H15FN2OS/c16-13-6-4-12(5-7-13)10-20-11-15(19)18-9-14-3-1-2-8-17-14/h1-8H,9-11H2,(H,18,19). The molecule has 1 amide bonds. The molecule has 3 nitrogen and oxygen atoms in total. The molecule has 0 saturated carbocycles. The monoisotopic (exact) mass is 290 g/mol. The van der Waals surface area contributed by atoms with Gasteiger partial charge in [-0.3, -0.25) is 9.78 Å². The van der Waals surface area contributed by atoms with Crippen LogP contribution in [0, 0.1) is 5.82 Å². The molecule has 0 aliphatic rings. The highest BCUT2D eigenvalue weighted by atomic mass is 32.2. The number of carbonyl (C=O) groups is 1. The Kier molecular flexibility index (Phi) is 5.55. The van der Waals surface area contributed by atoms with E-state index in [9.17, 15) is 9.18 Å². The Bertz CT molecular complexity index is 546. The Morgan fingerprint density at radius 3 is 2.70 bits per heavy atom. The van der Waals surface area contributed by atoms with Gasteiger partial charge < -0.3 is 5.32 Å². The van der Waals surface area contributed by atoms with Crippen LogP contribution >= 0.6 is 11.8 Å². The van der Waals surface area contributed by atoms with Gasteiger partial charge in [0.05, 0.1) is 18.0 Å². The molecule has 0 aliphatic carbocycles. The quantitative estimate of drug-likeness (QED) is 0.889. The van der Waals surface area contributed by atoms with Crippen LogP contribution < -0.4 is 5.32 Å². The van der Waals surface area contributed by atoms with E-state index in [1.165, 1.54) is 23.9 Å². The molecule has 0 aliphatic heterocycles. The lowest BCUT2D eigenvalue weighted by Gasteiger charge is -2.05. The lowest BCUT2D eigenvalue weighted by molar-refractivity contribution is -0.118. The summed E-state index contributed by atoms with van der Waals surface area (Å²) in [5.74, 6) is 0.802. The second-order valence-corrected chi connectivity index (χ2v) is 5.20. The van der Waals surface area contributed by atoms with Gasteiger partial charge in [0, 0.05) is 11.9 Å². The highest BCUT2D eigenvalue weighted by Crippen LogP contribution is 2.12. The molecule has 20 heavy (non-hydrogen) atoms. The van der Waals surface area contributed by atoms with Crippen LogP contribution in [0.3, 0.4) is 0 Å². The molecule has 2 aromatic rings. The zero-order valence-electron chi connectivity index (χ0n) is 10.9. The van der Waals surface area contributed by atoms with E-state index in [1.54, 1.807) is 18.3 Å². The fourth-order valence-electron chi connectivity index (χ4n) is 1.59.